The SMILES string of the molecule is Cc1c(C)n(-c2nc(-c3ccccc3)nc(-c3ccccc3)n2)c2cc3c4ccccc4n(-c4ccccc4)c3cc12. The molecule has 200 valence electrons. The van der Waals surface area contributed by atoms with E-state index >= 15 is 0 Å². The maximum atomic E-state index is 5.05. The molecule has 0 amide bonds. The minimum Gasteiger partial charge on any atom is -0.309 e. The van der Waals surface area contributed by atoms with Crippen LogP contribution in [0.4, 0.5) is 0 Å². The number of fused-ring (bicyclic) bond motifs is 4. The fraction of sp³-hybridized carbons (Fsp3) is 0.0541. The second kappa shape index (κ2) is 9.53. The monoisotopic (exact) mass is 541 g/mol. The predicted octanol–water partition coefficient (Wildman–Crippen LogP) is 8.86. The second-order valence-corrected chi connectivity index (χ2v) is 10.6. The summed E-state index contributed by atoms with van der Waals surface area (Å²) in [6, 6.07) is 44.1. The molecule has 42 heavy (non-hydrogen) atoms. The lowest BCUT2D eigenvalue weighted by Gasteiger charge is -2.11. The number of para-hydroxylation sites is 2. The van der Waals surface area contributed by atoms with Crippen LogP contribution in [0.15, 0.2) is 127 Å². The Labute approximate surface area is 243 Å². The van der Waals surface area contributed by atoms with Gasteiger partial charge in [-0.2, -0.15) is 9.97 Å². The van der Waals surface area contributed by atoms with Crippen molar-refractivity contribution in [2.75, 3.05) is 0 Å². The zero-order valence-electron chi connectivity index (χ0n) is 23.4. The Balaban J connectivity index is 1.44. The van der Waals surface area contributed by atoms with Crippen LogP contribution in [0.3, 0.4) is 0 Å². The molecule has 0 spiro atoms. The van der Waals surface area contributed by atoms with E-state index in [1.807, 2.05) is 60.7 Å². The average Bonchev–Trinajstić information content (AvgIpc) is 3.51. The summed E-state index contributed by atoms with van der Waals surface area (Å²) in [5, 5.41) is 3.59. The smallest absolute Gasteiger partial charge is 0.238 e. The topological polar surface area (TPSA) is 48.5 Å². The number of rotatable bonds is 4. The van der Waals surface area contributed by atoms with Crippen molar-refractivity contribution in [3.05, 3.63) is 139 Å². The summed E-state index contributed by atoms with van der Waals surface area (Å²) in [4.78, 5) is 15.0. The fourth-order valence-electron chi connectivity index (χ4n) is 6.04. The quantitative estimate of drug-likeness (QED) is 0.224. The van der Waals surface area contributed by atoms with Gasteiger partial charge in [0.2, 0.25) is 5.95 Å². The Kier molecular flexibility index (Phi) is 5.50. The van der Waals surface area contributed by atoms with Crippen LogP contribution in [0.5, 0.6) is 0 Å². The van der Waals surface area contributed by atoms with E-state index in [2.05, 4.69) is 89.7 Å². The minimum absolute atomic E-state index is 0.615. The van der Waals surface area contributed by atoms with Crippen molar-refractivity contribution in [1.82, 2.24) is 24.1 Å². The summed E-state index contributed by atoms with van der Waals surface area (Å²) in [5.74, 6) is 1.92. The van der Waals surface area contributed by atoms with Gasteiger partial charge in [-0.25, -0.2) is 4.98 Å². The van der Waals surface area contributed by atoms with Gasteiger partial charge in [0.1, 0.15) is 0 Å². The average molecular weight is 542 g/mol. The third-order valence-corrected chi connectivity index (χ3v) is 8.22. The van der Waals surface area contributed by atoms with Crippen LogP contribution in [0, 0.1) is 13.8 Å². The van der Waals surface area contributed by atoms with E-state index in [1.54, 1.807) is 0 Å². The summed E-state index contributed by atoms with van der Waals surface area (Å²) >= 11 is 0. The molecule has 0 radical (unpaired) electrons. The molecule has 0 N–H and O–H groups in total. The largest absolute Gasteiger partial charge is 0.309 e. The van der Waals surface area contributed by atoms with Gasteiger partial charge in [0.25, 0.3) is 0 Å². The van der Waals surface area contributed by atoms with Crippen molar-refractivity contribution < 1.29 is 0 Å². The highest BCUT2D eigenvalue weighted by Gasteiger charge is 2.21. The summed E-state index contributed by atoms with van der Waals surface area (Å²) in [6.07, 6.45) is 0. The number of hydrogen-bond donors (Lipinski definition) is 0. The lowest BCUT2D eigenvalue weighted by molar-refractivity contribution is 0.903. The normalized spacial score (nSPS) is 11.6. The Bertz CT molecular complexity index is 2190. The van der Waals surface area contributed by atoms with E-state index in [0.29, 0.717) is 17.6 Å². The first-order chi connectivity index (χ1) is 20.7. The summed E-state index contributed by atoms with van der Waals surface area (Å²) in [5.41, 5.74) is 8.82. The summed E-state index contributed by atoms with van der Waals surface area (Å²) in [7, 11) is 0. The number of aromatic nitrogens is 5. The van der Waals surface area contributed by atoms with Gasteiger partial charge in [-0.1, -0.05) is 97.1 Å². The molecule has 3 heterocycles. The predicted molar refractivity (Wildman–Crippen MR) is 171 cm³/mol. The van der Waals surface area contributed by atoms with Gasteiger partial charge in [-0.15, -0.1) is 0 Å². The molecule has 5 nitrogen and oxygen atoms in total. The van der Waals surface area contributed by atoms with Gasteiger partial charge < -0.3 is 4.57 Å². The molecule has 0 atom stereocenters. The molecule has 5 heteroatoms. The third kappa shape index (κ3) is 3.75. The zero-order valence-corrected chi connectivity index (χ0v) is 23.4. The number of aryl methyl sites for hydroxylation is 1. The van der Waals surface area contributed by atoms with Crippen LogP contribution in [0.1, 0.15) is 11.3 Å². The summed E-state index contributed by atoms with van der Waals surface area (Å²) in [6.45, 7) is 4.34. The molecule has 0 fully saturated rings. The first-order valence-corrected chi connectivity index (χ1v) is 14.1. The lowest BCUT2D eigenvalue weighted by Crippen LogP contribution is -2.07. The van der Waals surface area contributed by atoms with Gasteiger partial charge >= 0.3 is 0 Å². The van der Waals surface area contributed by atoms with E-state index in [-0.39, 0.29) is 0 Å². The number of hydrogen-bond acceptors (Lipinski definition) is 3. The van der Waals surface area contributed by atoms with E-state index in [1.165, 1.54) is 32.8 Å². The number of nitrogens with zero attached hydrogens (tertiary/aromatic N) is 5. The van der Waals surface area contributed by atoms with Crippen LogP contribution >= 0.6 is 0 Å². The van der Waals surface area contributed by atoms with Crippen LogP contribution < -0.4 is 0 Å². The molecule has 5 aromatic carbocycles. The van der Waals surface area contributed by atoms with E-state index in [4.69, 9.17) is 15.0 Å². The van der Waals surface area contributed by atoms with E-state index < -0.39 is 0 Å². The molecule has 0 aliphatic heterocycles. The van der Waals surface area contributed by atoms with Crippen molar-refractivity contribution in [2.24, 2.45) is 0 Å². The van der Waals surface area contributed by atoms with Crippen LogP contribution in [0.2, 0.25) is 0 Å². The zero-order chi connectivity index (χ0) is 28.2. The maximum Gasteiger partial charge on any atom is 0.238 e. The van der Waals surface area contributed by atoms with Crippen molar-refractivity contribution in [1.29, 1.82) is 0 Å². The standard InChI is InChI=1S/C37H27N5/c1-24-25(2)41(37-39-35(26-14-6-3-7-15-26)38-36(40-37)27-16-8-4-9-17-27)33-23-31-29-20-12-13-21-32(29)42(34(31)22-30(24)33)28-18-10-5-11-19-28/h3-23H,1-2H3. The van der Waals surface area contributed by atoms with Crippen molar-refractivity contribution in [2.45, 2.75) is 13.8 Å². The molecule has 0 unspecified atom stereocenters. The molecule has 8 aromatic rings. The first-order valence-electron chi connectivity index (χ1n) is 14.1. The molecule has 3 aromatic heterocycles. The van der Waals surface area contributed by atoms with Crippen molar-refractivity contribution >= 4 is 32.7 Å². The fourth-order valence-corrected chi connectivity index (χ4v) is 6.04. The minimum atomic E-state index is 0.615. The Morgan fingerprint density at radius 3 is 1.62 bits per heavy atom. The van der Waals surface area contributed by atoms with Gasteiger partial charge in [0, 0.05) is 38.7 Å². The van der Waals surface area contributed by atoms with Crippen molar-refractivity contribution in [3.63, 3.8) is 0 Å². The molecule has 0 aliphatic carbocycles. The van der Waals surface area contributed by atoms with Crippen LogP contribution in [-0.4, -0.2) is 24.1 Å². The van der Waals surface area contributed by atoms with Gasteiger partial charge in [0.05, 0.1) is 16.6 Å². The Hall–Kier alpha value is -5.55. The molecule has 0 aliphatic rings. The first kappa shape index (κ1) is 24.3. The Morgan fingerprint density at radius 1 is 0.452 bits per heavy atom. The molecule has 0 saturated heterocycles. The van der Waals surface area contributed by atoms with Gasteiger partial charge in [-0.05, 0) is 49.7 Å². The number of benzene rings is 5. The highest BCUT2D eigenvalue weighted by atomic mass is 15.2. The van der Waals surface area contributed by atoms with Crippen molar-refractivity contribution in [3.8, 4) is 34.4 Å². The molecular formula is C37H27N5. The Morgan fingerprint density at radius 2 is 0.976 bits per heavy atom. The van der Waals surface area contributed by atoms with Gasteiger partial charge in [0.15, 0.2) is 11.6 Å². The molecular weight excluding hydrogens is 514 g/mol. The third-order valence-electron chi connectivity index (χ3n) is 8.22. The molecule has 0 bridgehead atoms. The maximum absolute atomic E-state index is 5.05. The lowest BCUT2D eigenvalue weighted by atomic mass is 10.1. The highest BCUT2D eigenvalue weighted by molar-refractivity contribution is 6.14. The van der Waals surface area contributed by atoms with E-state index in [0.717, 1.165) is 28.0 Å². The summed E-state index contributed by atoms with van der Waals surface area (Å²) < 4.78 is 4.56. The van der Waals surface area contributed by atoms with Crippen LogP contribution in [-0.2, 0) is 0 Å². The van der Waals surface area contributed by atoms with Gasteiger partial charge in [-0.3, -0.25) is 4.57 Å². The van der Waals surface area contributed by atoms with E-state index in [9.17, 15) is 0 Å². The second-order valence-electron chi connectivity index (χ2n) is 10.6. The highest BCUT2D eigenvalue weighted by Crippen LogP contribution is 2.38. The molecule has 0 saturated carbocycles. The molecule has 8 rings (SSSR count). The van der Waals surface area contributed by atoms with Crippen LogP contribution in [0.25, 0.3) is 67.1 Å².